The third-order valence-corrected chi connectivity index (χ3v) is 11.8. The SMILES string of the molecule is Cc1nc2cccc(F)c2nc1OC1CC2C(=O)NC3(C(=O)NS(=O)(=O)C4CC4)C=CC3C=CCCCCCC(NC(=O)c3ccncn3)C(=O)N2C1. The number of nitrogens with one attached hydrogen (secondary N) is 3. The van der Waals surface area contributed by atoms with Crippen LogP contribution < -0.4 is 20.1 Å². The van der Waals surface area contributed by atoms with E-state index in [0.717, 1.165) is 6.42 Å². The number of amides is 4. The van der Waals surface area contributed by atoms with Gasteiger partial charge in [-0.05, 0) is 57.2 Å². The van der Waals surface area contributed by atoms with Gasteiger partial charge in [-0.25, -0.2) is 32.7 Å². The van der Waals surface area contributed by atoms with E-state index < -0.39 is 74.4 Å². The number of hydrogen-bond acceptors (Lipinski definition) is 11. The summed E-state index contributed by atoms with van der Waals surface area (Å²) < 4.78 is 48.8. The van der Waals surface area contributed by atoms with Crippen molar-refractivity contribution in [3.63, 3.8) is 0 Å². The van der Waals surface area contributed by atoms with Crippen molar-refractivity contribution < 1.29 is 36.7 Å². The van der Waals surface area contributed by atoms with Crippen molar-refractivity contribution in [3.05, 3.63) is 78.3 Å². The van der Waals surface area contributed by atoms with Crippen molar-refractivity contribution in [3.8, 4) is 5.88 Å². The predicted molar refractivity (Wildman–Crippen MR) is 188 cm³/mol. The van der Waals surface area contributed by atoms with Gasteiger partial charge in [-0.2, -0.15) is 0 Å². The summed E-state index contributed by atoms with van der Waals surface area (Å²) in [6.45, 7) is 1.52. The molecule has 1 saturated heterocycles. The summed E-state index contributed by atoms with van der Waals surface area (Å²) in [4.78, 5) is 73.9. The number of aromatic nitrogens is 4. The maximum atomic E-state index is 14.7. The van der Waals surface area contributed by atoms with Gasteiger partial charge in [0, 0.05) is 18.5 Å². The number of aryl methyl sites for hydroxylation is 1. The number of carbonyl (C=O) groups is 4. The molecular weight excluding hydrogens is 708 g/mol. The first-order chi connectivity index (χ1) is 25.4. The van der Waals surface area contributed by atoms with E-state index >= 15 is 0 Å². The van der Waals surface area contributed by atoms with Gasteiger partial charge in [0.25, 0.3) is 11.8 Å². The van der Waals surface area contributed by atoms with Crippen LogP contribution in [0.15, 0.2) is 61.1 Å². The Balaban J connectivity index is 1.22. The van der Waals surface area contributed by atoms with Gasteiger partial charge in [0.2, 0.25) is 27.7 Å². The van der Waals surface area contributed by atoms with Crippen LogP contribution in [-0.2, 0) is 24.4 Å². The average Bonchev–Trinajstić information content (AvgIpc) is 3.91. The number of halogens is 1. The highest BCUT2D eigenvalue weighted by Crippen LogP contribution is 2.36. The monoisotopic (exact) mass is 746 g/mol. The molecule has 2 aromatic heterocycles. The molecule has 15 nitrogen and oxygen atoms in total. The van der Waals surface area contributed by atoms with Crippen LogP contribution in [-0.4, -0.2) is 92.4 Å². The zero-order chi connectivity index (χ0) is 37.3. The predicted octanol–water partition coefficient (Wildman–Crippen LogP) is 2.18. The number of ether oxygens (including phenoxy) is 1. The zero-order valence-corrected chi connectivity index (χ0v) is 29.7. The fraction of sp³-hybridized carbons (Fsp3) is 0.444. The summed E-state index contributed by atoms with van der Waals surface area (Å²) in [5.74, 6) is -4.02. The number of fused-ring (bicyclic) bond motifs is 3. The van der Waals surface area contributed by atoms with Crippen LogP contribution in [0, 0.1) is 18.7 Å². The minimum atomic E-state index is -3.96. The van der Waals surface area contributed by atoms with E-state index in [1.165, 1.54) is 41.7 Å². The van der Waals surface area contributed by atoms with E-state index in [0.29, 0.717) is 43.3 Å². The summed E-state index contributed by atoms with van der Waals surface area (Å²) in [6, 6.07) is 3.53. The second kappa shape index (κ2) is 14.6. The summed E-state index contributed by atoms with van der Waals surface area (Å²) >= 11 is 0. The molecule has 4 amide bonds. The standard InChI is InChI=1S/C36H39FN8O7S/c1-21-33(42-30-25(37)9-7-11-26(30)40-21)52-23-18-29-32(47)43-36(35(49)44-53(50,51)24-12-13-24)16-14-22(36)8-5-3-2-4-6-10-28(34(48)45(29)19-23)41-31(46)27-15-17-38-20-39-27/h5,7-9,11,14-17,20,22-24,28-29H,2-4,6,10,12-13,18-19H2,1H3,(H,41,46)(H,43,47)(H,44,49). The molecule has 5 unspecified atom stereocenters. The summed E-state index contributed by atoms with van der Waals surface area (Å²) in [7, 11) is -3.96. The number of nitrogens with zero attached hydrogens (tertiary/aromatic N) is 5. The number of sulfonamides is 1. The van der Waals surface area contributed by atoms with Crippen molar-refractivity contribution in [2.24, 2.45) is 5.92 Å². The molecule has 0 bridgehead atoms. The fourth-order valence-corrected chi connectivity index (χ4v) is 8.24. The van der Waals surface area contributed by atoms with Crippen molar-refractivity contribution >= 4 is 44.7 Å². The maximum Gasteiger partial charge on any atom is 0.270 e. The topological polar surface area (TPSA) is 203 Å². The lowest BCUT2D eigenvalue weighted by Crippen LogP contribution is -2.67. The average molecular weight is 747 g/mol. The molecule has 0 spiro atoms. The van der Waals surface area contributed by atoms with E-state index in [9.17, 15) is 32.0 Å². The Kier molecular flexibility index (Phi) is 9.93. The highest BCUT2D eigenvalue weighted by molar-refractivity contribution is 7.91. The Morgan fingerprint density at radius 3 is 2.64 bits per heavy atom. The minimum absolute atomic E-state index is 0.00719. The molecule has 3 N–H and O–H groups in total. The Morgan fingerprint density at radius 2 is 1.91 bits per heavy atom. The fourth-order valence-electron chi connectivity index (χ4n) is 6.89. The van der Waals surface area contributed by atoms with Crippen LogP contribution in [0.25, 0.3) is 11.0 Å². The second-order valence-electron chi connectivity index (χ2n) is 13.8. The lowest BCUT2D eigenvalue weighted by Gasteiger charge is -2.42. The number of para-hydroxylation sites is 1. The largest absolute Gasteiger partial charge is 0.471 e. The number of allylic oxidation sites excluding steroid dienone is 1. The molecule has 278 valence electrons. The van der Waals surface area contributed by atoms with E-state index in [1.807, 2.05) is 6.08 Å². The molecule has 4 aliphatic rings. The van der Waals surface area contributed by atoms with Gasteiger partial charge >= 0.3 is 0 Å². The minimum Gasteiger partial charge on any atom is -0.471 e. The van der Waals surface area contributed by atoms with Gasteiger partial charge in [-0.1, -0.05) is 43.2 Å². The van der Waals surface area contributed by atoms with Crippen LogP contribution in [0.1, 0.15) is 67.5 Å². The summed E-state index contributed by atoms with van der Waals surface area (Å²) in [5.41, 5.74) is -1.01. The number of hydrogen-bond donors (Lipinski definition) is 3. The normalized spacial score (nSPS) is 26.3. The van der Waals surface area contributed by atoms with E-state index in [-0.39, 0.29) is 36.5 Å². The van der Waals surface area contributed by atoms with Gasteiger partial charge in [0.15, 0.2) is 5.82 Å². The second-order valence-corrected chi connectivity index (χ2v) is 15.8. The first-order valence-corrected chi connectivity index (χ1v) is 19.2. The van der Waals surface area contributed by atoms with Crippen LogP contribution in [0.5, 0.6) is 5.88 Å². The van der Waals surface area contributed by atoms with Crippen LogP contribution in [0.3, 0.4) is 0 Å². The van der Waals surface area contributed by atoms with Gasteiger partial charge in [0.05, 0.1) is 17.3 Å². The Morgan fingerprint density at radius 1 is 1.08 bits per heavy atom. The van der Waals surface area contributed by atoms with Crippen molar-refractivity contribution in [1.29, 1.82) is 0 Å². The zero-order valence-electron chi connectivity index (χ0n) is 28.9. The third kappa shape index (κ3) is 7.47. The highest BCUT2D eigenvalue weighted by atomic mass is 32.2. The molecule has 2 fully saturated rings. The lowest BCUT2D eigenvalue weighted by molar-refractivity contribution is -0.142. The molecule has 4 heterocycles. The molecule has 2 aliphatic heterocycles. The molecule has 1 saturated carbocycles. The molecule has 17 heteroatoms. The molecule has 5 atom stereocenters. The van der Waals surface area contributed by atoms with Crippen LogP contribution >= 0.6 is 0 Å². The molecule has 3 aromatic rings. The Hall–Kier alpha value is -5.32. The molecule has 2 aliphatic carbocycles. The van der Waals surface area contributed by atoms with Crippen LogP contribution in [0.2, 0.25) is 0 Å². The van der Waals surface area contributed by atoms with Crippen molar-refractivity contribution in [1.82, 2.24) is 40.2 Å². The van der Waals surface area contributed by atoms with E-state index in [1.54, 1.807) is 25.1 Å². The van der Waals surface area contributed by atoms with Crippen LogP contribution in [0.4, 0.5) is 4.39 Å². The maximum absolute atomic E-state index is 14.7. The molecule has 1 aromatic carbocycles. The van der Waals surface area contributed by atoms with Gasteiger partial charge in [-0.3, -0.25) is 23.9 Å². The van der Waals surface area contributed by atoms with Gasteiger partial charge in [-0.15, -0.1) is 0 Å². The molecule has 7 rings (SSSR count). The smallest absolute Gasteiger partial charge is 0.270 e. The quantitative estimate of drug-likeness (QED) is 0.299. The first-order valence-electron chi connectivity index (χ1n) is 17.7. The lowest BCUT2D eigenvalue weighted by atomic mass is 9.73. The Bertz CT molecular complexity index is 2110. The van der Waals surface area contributed by atoms with Gasteiger partial charge in [0.1, 0.15) is 47.0 Å². The first kappa shape index (κ1) is 36.1. The third-order valence-electron chi connectivity index (χ3n) is 10.0. The number of carbonyl (C=O) groups excluding carboxylic acids is 4. The summed E-state index contributed by atoms with van der Waals surface area (Å²) in [5, 5.41) is 4.91. The number of rotatable bonds is 7. The molecular formula is C36H39FN8O7S. The molecule has 0 radical (unpaired) electrons. The van der Waals surface area contributed by atoms with Gasteiger partial charge < -0.3 is 20.3 Å². The number of benzene rings is 1. The van der Waals surface area contributed by atoms with Crippen molar-refractivity contribution in [2.75, 3.05) is 6.54 Å². The van der Waals surface area contributed by atoms with Crippen molar-refractivity contribution in [2.45, 2.75) is 87.3 Å². The highest BCUT2D eigenvalue weighted by Gasteiger charge is 2.53. The van der Waals surface area contributed by atoms with E-state index in [2.05, 4.69) is 35.3 Å². The van der Waals surface area contributed by atoms with E-state index in [4.69, 9.17) is 4.74 Å². The summed E-state index contributed by atoms with van der Waals surface area (Å²) in [6.07, 6.45) is 12.4. The molecule has 53 heavy (non-hydrogen) atoms. The Labute approximate surface area is 305 Å².